The number of furan rings is 1. The van der Waals surface area contributed by atoms with Gasteiger partial charge in [-0.15, -0.1) is 0 Å². The second-order valence-corrected chi connectivity index (χ2v) is 9.73. The fourth-order valence-electron chi connectivity index (χ4n) is 6.43. The van der Waals surface area contributed by atoms with Crippen molar-refractivity contribution < 1.29 is 4.42 Å². The maximum Gasteiger partial charge on any atom is 0.137 e. The van der Waals surface area contributed by atoms with Crippen LogP contribution < -0.4 is 0 Å². The third-order valence-electron chi connectivity index (χ3n) is 7.90. The van der Waals surface area contributed by atoms with Gasteiger partial charge in [0.1, 0.15) is 11.2 Å². The Bertz CT molecular complexity index is 2190. The molecule has 2 aromatic heterocycles. The van der Waals surface area contributed by atoms with E-state index in [1.165, 1.54) is 54.8 Å². The van der Waals surface area contributed by atoms with Crippen molar-refractivity contribution in [2.24, 2.45) is 0 Å². The first-order valence-corrected chi connectivity index (χ1v) is 12.4. The molecule has 166 valence electrons. The van der Waals surface area contributed by atoms with Crippen LogP contribution in [0.1, 0.15) is 0 Å². The van der Waals surface area contributed by atoms with Gasteiger partial charge in [0.15, 0.2) is 0 Å². The smallest absolute Gasteiger partial charge is 0.137 e. The Kier molecular flexibility index (Phi) is 3.31. The second-order valence-electron chi connectivity index (χ2n) is 9.73. The molecule has 0 atom stereocenters. The van der Waals surface area contributed by atoms with Gasteiger partial charge in [0.25, 0.3) is 0 Å². The summed E-state index contributed by atoms with van der Waals surface area (Å²) in [7, 11) is 0. The third kappa shape index (κ3) is 2.18. The van der Waals surface area contributed by atoms with E-state index < -0.39 is 0 Å². The number of nitrogens with zero attached hydrogens (tertiary/aromatic N) is 1. The summed E-state index contributed by atoms with van der Waals surface area (Å²) in [5.74, 6) is 0. The molecule has 0 N–H and O–H groups in total. The average molecular weight is 458 g/mol. The van der Waals surface area contributed by atoms with E-state index >= 15 is 0 Å². The first-order valence-electron chi connectivity index (χ1n) is 12.4. The SMILES string of the molecule is c1ccc(-n2c3cc4oc5ccccc5c4cc3c3cc4c5c(cccc5c32)-c2ccccc2-4)cc1. The molecule has 0 unspecified atom stereocenters. The van der Waals surface area contributed by atoms with Gasteiger partial charge in [0.2, 0.25) is 0 Å². The van der Waals surface area contributed by atoms with E-state index in [1.807, 2.05) is 6.07 Å². The van der Waals surface area contributed by atoms with Crippen LogP contribution in [0.3, 0.4) is 0 Å². The number of para-hydroxylation sites is 2. The van der Waals surface area contributed by atoms with Gasteiger partial charge in [0.05, 0.1) is 11.0 Å². The summed E-state index contributed by atoms with van der Waals surface area (Å²) < 4.78 is 8.74. The molecule has 1 aliphatic rings. The summed E-state index contributed by atoms with van der Waals surface area (Å²) in [5.41, 5.74) is 10.7. The first-order chi connectivity index (χ1) is 17.9. The van der Waals surface area contributed by atoms with Crippen molar-refractivity contribution in [1.29, 1.82) is 0 Å². The molecule has 1 aliphatic carbocycles. The lowest BCUT2D eigenvalue weighted by molar-refractivity contribution is 0.669. The van der Waals surface area contributed by atoms with Crippen LogP contribution in [0.2, 0.25) is 0 Å². The Labute approximate surface area is 206 Å². The lowest BCUT2D eigenvalue weighted by Crippen LogP contribution is -1.94. The van der Waals surface area contributed by atoms with Crippen LogP contribution in [0.25, 0.3) is 82.5 Å². The van der Waals surface area contributed by atoms with Crippen LogP contribution in [-0.2, 0) is 0 Å². The Balaban J connectivity index is 1.56. The lowest BCUT2D eigenvalue weighted by Gasteiger charge is -2.11. The van der Waals surface area contributed by atoms with E-state index in [0.717, 1.165) is 27.6 Å². The van der Waals surface area contributed by atoms with Gasteiger partial charge in [-0.05, 0) is 58.0 Å². The lowest BCUT2D eigenvalue weighted by atomic mass is 9.98. The molecule has 0 saturated carbocycles. The highest BCUT2D eigenvalue weighted by molar-refractivity contribution is 6.29. The molecule has 2 heteroatoms. The molecule has 0 amide bonds. The number of hydrogen-bond donors (Lipinski definition) is 0. The number of hydrogen-bond acceptors (Lipinski definition) is 1. The van der Waals surface area contributed by atoms with Gasteiger partial charge in [-0.3, -0.25) is 0 Å². The fourth-order valence-corrected chi connectivity index (χ4v) is 6.43. The molecule has 9 rings (SSSR count). The quantitative estimate of drug-likeness (QED) is 0.240. The van der Waals surface area contributed by atoms with E-state index in [9.17, 15) is 0 Å². The largest absolute Gasteiger partial charge is 0.456 e. The molecule has 0 bridgehead atoms. The summed E-state index contributed by atoms with van der Waals surface area (Å²) in [6, 6.07) is 41.6. The molecule has 0 radical (unpaired) electrons. The number of fused-ring (bicyclic) bond motifs is 10. The second kappa shape index (κ2) is 6.44. The fraction of sp³-hybridized carbons (Fsp3) is 0. The van der Waals surface area contributed by atoms with Gasteiger partial charge >= 0.3 is 0 Å². The van der Waals surface area contributed by atoms with Crippen molar-refractivity contribution >= 4 is 54.5 Å². The van der Waals surface area contributed by atoms with Crippen LogP contribution in [0.15, 0.2) is 120 Å². The van der Waals surface area contributed by atoms with Crippen LogP contribution in [0.4, 0.5) is 0 Å². The molecular weight excluding hydrogens is 438 g/mol. The Hall–Kier alpha value is -4.82. The van der Waals surface area contributed by atoms with Crippen LogP contribution in [0.5, 0.6) is 0 Å². The van der Waals surface area contributed by atoms with Crippen LogP contribution in [-0.4, -0.2) is 4.57 Å². The molecule has 0 fully saturated rings. The molecule has 0 aliphatic heterocycles. The van der Waals surface area contributed by atoms with E-state index in [-0.39, 0.29) is 0 Å². The summed E-state index contributed by atoms with van der Waals surface area (Å²) in [6.07, 6.45) is 0. The van der Waals surface area contributed by atoms with E-state index in [2.05, 4.69) is 114 Å². The van der Waals surface area contributed by atoms with Crippen molar-refractivity contribution in [2.45, 2.75) is 0 Å². The maximum atomic E-state index is 6.32. The zero-order chi connectivity index (χ0) is 23.4. The highest BCUT2D eigenvalue weighted by Gasteiger charge is 2.25. The van der Waals surface area contributed by atoms with E-state index in [4.69, 9.17) is 4.42 Å². The Morgan fingerprint density at radius 3 is 2.06 bits per heavy atom. The molecular formula is C34H19NO. The van der Waals surface area contributed by atoms with Gasteiger partial charge in [-0.1, -0.05) is 78.9 Å². The van der Waals surface area contributed by atoms with Crippen LogP contribution in [0, 0.1) is 0 Å². The van der Waals surface area contributed by atoms with Gasteiger partial charge < -0.3 is 8.98 Å². The standard InChI is InChI=1S/C34H19NO/c1-2-9-20(10-3-1)35-30-19-32-27(23-13-6-7-16-31(23)36-32)17-26(30)29-18-28-22-12-5-4-11-21(22)24-14-8-15-25(33(24)28)34(29)35/h1-19H. The maximum absolute atomic E-state index is 6.32. The monoisotopic (exact) mass is 457 g/mol. The third-order valence-corrected chi connectivity index (χ3v) is 7.90. The van der Waals surface area contributed by atoms with Crippen molar-refractivity contribution in [3.63, 3.8) is 0 Å². The zero-order valence-corrected chi connectivity index (χ0v) is 19.3. The number of benzene rings is 6. The predicted octanol–water partition coefficient (Wildman–Crippen LogP) is 9.48. The Morgan fingerprint density at radius 1 is 0.444 bits per heavy atom. The first kappa shape index (κ1) is 18.5. The van der Waals surface area contributed by atoms with Gasteiger partial charge in [0, 0.05) is 38.7 Å². The van der Waals surface area contributed by atoms with Crippen molar-refractivity contribution in [1.82, 2.24) is 4.57 Å². The number of rotatable bonds is 1. The average Bonchev–Trinajstić information content (AvgIpc) is 3.57. The minimum absolute atomic E-state index is 0.923. The molecule has 6 aromatic carbocycles. The van der Waals surface area contributed by atoms with Crippen molar-refractivity contribution in [3.05, 3.63) is 115 Å². The highest BCUT2D eigenvalue weighted by atomic mass is 16.3. The van der Waals surface area contributed by atoms with Crippen molar-refractivity contribution in [3.8, 4) is 27.9 Å². The number of aromatic nitrogens is 1. The molecule has 2 heterocycles. The van der Waals surface area contributed by atoms with Crippen molar-refractivity contribution in [2.75, 3.05) is 0 Å². The highest BCUT2D eigenvalue weighted by Crippen LogP contribution is 2.51. The molecule has 0 spiro atoms. The minimum Gasteiger partial charge on any atom is -0.456 e. The topological polar surface area (TPSA) is 18.1 Å². The van der Waals surface area contributed by atoms with E-state index in [1.54, 1.807) is 0 Å². The molecule has 0 saturated heterocycles. The molecule has 2 nitrogen and oxygen atoms in total. The summed E-state index contributed by atoms with van der Waals surface area (Å²) in [4.78, 5) is 0. The molecule has 8 aromatic rings. The normalized spacial score (nSPS) is 12.4. The minimum atomic E-state index is 0.923. The summed E-state index contributed by atoms with van der Waals surface area (Å²) in [5, 5.41) is 7.49. The predicted molar refractivity (Wildman–Crippen MR) is 150 cm³/mol. The molecule has 36 heavy (non-hydrogen) atoms. The summed E-state index contributed by atoms with van der Waals surface area (Å²) >= 11 is 0. The van der Waals surface area contributed by atoms with Gasteiger partial charge in [-0.2, -0.15) is 0 Å². The zero-order valence-electron chi connectivity index (χ0n) is 19.3. The van der Waals surface area contributed by atoms with E-state index in [0.29, 0.717) is 0 Å². The van der Waals surface area contributed by atoms with Crippen LogP contribution >= 0.6 is 0 Å². The Morgan fingerprint density at radius 2 is 1.17 bits per heavy atom. The summed E-state index contributed by atoms with van der Waals surface area (Å²) in [6.45, 7) is 0. The van der Waals surface area contributed by atoms with Gasteiger partial charge in [-0.25, -0.2) is 0 Å².